The van der Waals surface area contributed by atoms with Gasteiger partial charge in [-0.15, -0.1) is 0 Å². The molecule has 2 heterocycles. The van der Waals surface area contributed by atoms with Crippen molar-refractivity contribution in [3.63, 3.8) is 0 Å². The number of Topliss-reactive ketones (excluding diaryl/α,β-unsaturated/α-hetero) is 1. The lowest BCUT2D eigenvalue weighted by molar-refractivity contribution is 0.0876. The number of rotatable bonds is 2. The second-order valence-electron chi connectivity index (χ2n) is 5.90. The van der Waals surface area contributed by atoms with Crippen LogP contribution in [-0.4, -0.2) is 15.8 Å². The molecule has 0 radical (unpaired) electrons. The third-order valence-electron chi connectivity index (χ3n) is 4.84. The monoisotopic (exact) mass is 318 g/mol. The van der Waals surface area contributed by atoms with Crippen LogP contribution in [-0.2, 0) is 0 Å². The second kappa shape index (κ2) is 4.17. The average Bonchev–Trinajstić information content (AvgIpc) is 3.11. The fourth-order valence-corrected chi connectivity index (χ4v) is 4.28. The van der Waals surface area contributed by atoms with E-state index in [2.05, 4.69) is 25.9 Å². The van der Waals surface area contributed by atoms with Crippen LogP contribution in [0, 0.1) is 17.8 Å². The van der Waals surface area contributed by atoms with Crippen molar-refractivity contribution in [1.29, 1.82) is 0 Å². The van der Waals surface area contributed by atoms with Crippen LogP contribution >= 0.6 is 15.9 Å². The molecule has 3 unspecified atom stereocenters. The first-order valence-corrected chi connectivity index (χ1v) is 7.68. The van der Waals surface area contributed by atoms with E-state index in [1.807, 2.05) is 12.3 Å². The van der Waals surface area contributed by atoms with Gasteiger partial charge in [0.05, 0.1) is 0 Å². The van der Waals surface area contributed by atoms with Gasteiger partial charge < -0.3 is 4.98 Å². The first kappa shape index (κ1) is 11.6. The number of aromatic amines is 1. The summed E-state index contributed by atoms with van der Waals surface area (Å²) in [4.78, 5) is 20.2. The number of ketones is 1. The average molecular weight is 319 g/mol. The summed E-state index contributed by atoms with van der Waals surface area (Å²) in [6.45, 7) is 0. The van der Waals surface area contributed by atoms with Crippen LogP contribution in [0.15, 0.2) is 22.9 Å². The van der Waals surface area contributed by atoms with Crippen LogP contribution in [0.25, 0.3) is 11.0 Å². The number of pyridine rings is 1. The quantitative estimate of drug-likeness (QED) is 0.852. The molecule has 2 saturated carbocycles. The highest BCUT2D eigenvalue weighted by molar-refractivity contribution is 9.10. The number of hydrogen-bond acceptors (Lipinski definition) is 2. The molecule has 2 fully saturated rings. The Morgan fingerprint density at radius 2 is 2.26 bits per heavy atom. The Bertz CT molecular complexity index is 663. The molecule has 4 rings (SSSR count). The van der Waals surface area contributed by atoms with Crippen molar-refractivity contribution in [1.82, 2.24) is 9.97 Å². The number of aromatic nitrogens is 2. The smallest absolute Gasteiger partial charge is 0.168 e. The van der Waals surface area contributed by atoms with Gasteiger partial charge >= 0.3 is 0 Å². The number of nitrogens with zero attached hydrogens (tertiary/aromatic N) is 1. The Hall–Kier alpha value is -1.16. The van der Waals surface area contributed by atoms with Gasteiger partial charge in [0.25, 0.3) is 0 Å². The zero-order valence-corrected chi connectivity index (χ0v) is 12.1. The Labute approximate surface area is 119 Å². The first-order chi connectivity index (χ1) is 9.22. The Morgan fingerprint density at radius 3 is 3.00 bits per heavy atom. The largest absolute Gasteiger partial charge is 0.345 e. The van der Waals surface area contributed by atoms with Gasteiger partial charge in [0.1, 0.15) is 5.65 Å². The summed E-state index contributed by atoms with van der Waals surface area (Å²) in [6.07, 6.45) is 8.52. The maximum atomic E-state index is 12.8. The predicted molar refractivity (Wildman–Crippen MR) is 77.1 cm³/mol. The molecule has 2 aliphatic rings. The van der Waals surface area contributed by atoms with Gasteiger partial charge in [0, 0.05) is 33.7 Å². The van der Waals surface area contributed by atoms with Crippen LogP contribution in [0.4, 0.5) is 0 Å². The van der Waals surface area contributed by atoms with Crippen LogP contribution in [0.1, 0.15) is 36.0 Å². The Morgan fingerprint density at radius 1 is 1.37 bits per heavy atom. The SMILES string of the molecule is O=C(c1c[nH]c2ncc(Br)cc12)C1CC2CCC1C2. The number of fused-ring (bicyclic) bond motifs is 3. The molecule has 3 nitrogen and oxygen atoms in total. The zero-order chi connectivity index (χ0) is 13.0. The Balaban J connectivity index is 1.74. The van der Waals surface area contributed by atoms with E-state index in [0.29, 0.717) is 11.7 Å². The minimum Gasteiger partial charge on any atom is -0.345 e. The topological polar surface area (TPSA) is 45.8 Å². The van der Waals surface area contributed by atoms with Crippen molar-refractivity contribution in [2.75, 3.05) is 0 Å². The maximum Gasteiger partial charge on any atom is 0.168 e. The van der Waals surface area contributed by atoms with E-state index >= 15 is 0 Å². The maximum absolute atomic E-state index is 12.8. The highest BCUT2D eigenvalue weighted by atomic mass is 79.9. The molecular formula is C15H15BrN2O. The van der Waals surface area contributed by atoms with Gasteiger partial charge in [-0.25, -0.2) is 4.98 Å². The van der Waals surface area contributed by atoms with Crippen LogP contribution in [0.3, 0.4) is 0 Å². The molecule has 0 aromatic carbocycles. The van der Waals surface area contributed by atoms with Gasteiger partial charge in [0.15, 0.2) is 5.78 Å². The number of H-pyrrole nitrogens is 1. The molecule has 3 atom stereocenters. The van der Waals surface area contributed by atoms with E-state index in [1.165, 1.54) is 19.3 Å². The van der Waals surface area contributed by atoms with Gasteiger partial charge in [0.2, 0.25) is 0 Å². The molecule has 2 bridgehead atoms. The van der Waals surface area contributed by atoms with E-state index in [9.17, 15) is 4.79 Å². The minimum atomic E-state index is 0.247. The van der Waals surface area contributed by atoms with Crippen molar-refractivity contribution in [3.05, 3.63) is 28.5 Å². The zero-order valence-electron chi connectivity index (χ0n) is 10.5. The number of hydrogen-bond donors (Lipinski definition) is 1. The Kier molecular flexibility index (Phi) is 2.56. The third-order valence-corrected chi connectivity index (χ3v) is 5.27. The number of halogens is 1. The van der Waals surface area contributed by atoms with Crippen molar-refractivity contribution < 1.29 is 4.79 Å². The van der Waals surface area contributed by atoms with Crippen LogP contribution in [0.2, 0.25) is 0 Å². The van der Waals surface area contributed by atoms with E-state index in [-0.39, 0.29) is 5.92 Å². The van der Waals surface area contributed by atoms with Crippen molar-refractivity contribution in [2.45, 2.75) is 25.7 Å². The lowest BCUT2D eigenvalue weighted by Crippen LogP contribution is -2.20. The molecular weight excluding hydrogens is 304 g/mol. The molecule has 0 spiro atoms. The van der Waals surface area contributed by atoms with Gasteiger partial charge in [-0.05, 0) is 53.1 Å². The summed E-state index contributed by atoms with van der Waals surface area (Å²) >= 11 is 3.43. The molecule has 4 heteroatoms. The van der Waals surface area contributed by atoms with Gasteiger partial charge in [-0.1, -0.05) is 6.42 Å². The summed E-state index contributed by atoms with van der Waals surface area (Å²) in [5.74, 6) is 1.99. The van der Waals surface area contributed by atoms with E-state index in [4.69, 9.17) is 0 Å². The molecule has 2 aromatic heterocycles. The van der Waals surface area contributed by atoms with Crippen LogP contribution < -0.4 is 0 Å². The van der Waals surface area contributed by atoms with E-state index in [1.54, 1.807) is 6.20 Å². The minimum absolute atomic E-state index is 0.247. The van der Waals surface area contributed by atoms with Crippen molar-refractivity contribution in [3.8, 4) is 0 Å². The molecule has 2 aromatic rings. The van der Waals surface area contributed by atoms with Gasteiger partial charge in [-0.3, -0.25) is 4.79 Å². The summed E-state index contributed by atoms with van der Waals surface area (Å²) in [6, 6.07) is 1.99. The predicted octanol–water partition coefficient (Wildman–Crippen LogP) is 3.94. The molecule has 0 aliphatic heterocycles. The summed E-state index contributed by atoms with van der Waals surface area (Å²) in [7, 11) is 0. The third kappa shape index (κ3) is 1.76. The second-order valence-corrected chi connectivity index (χ2v) is 6.81. The van der Waals surface area contributed by atoms with E-state index in [0.717, 1.165) is 33.4 Å². The number of nitrogens with one attached hydrogen (secondary N) is 1. The lowest BCUT2D eigenvalue weighted by Gasteiger charge is -2.19. The molecule has 0 saturated heterocycles. The van der Waals surface area contributed by atoms with Crippen LogP contribution in [0.5, 0.6) is 0 Å². The highest BCUT2D eigenvalue weighted by Gasteiger charge is 2.43. The first-order valence-electron chi connectivity index (χ1n) is 6.89. The summed E-state index contributed by atoms with van der Waals surface area (Å²) < 4.78 is 0.918. The fraction of sp³-hybridized carbons (Fsp3) is 0.467. The fourth-order valence-electron chi connectivity index (χ4n) is 3.95. The van der Waals surface area contributed by atoms with E-state index < -0.39 is 0 Å². The summed E-state index contributed by atoms with van der Waals surface area (Å²) in [5.41, 5.74) is 1.62. The van der Waals surface area contributed by atoms with Crippen molar-refractivity contribution >= 4 is 32.7 Å². The number of carbonyl (C=O) groups is 1. The highest BCUT2D eigenvalue weighted by Crippen LogP contribution is 2.49. The lowest BCUT2D eigenvalue weighted by atomic mass is 9.83. The standard InChI is InChI=1S/C15H15BrN2O/c16-10-5-12-13(7-18-15(12)17-6-10)14(19)11-4-8-1-2-9(11)3-8/h5-9,11H,1-4H2,(H,17,18). The molecule has 19 heavy (non-hydrogen) atoms. The molecule has 1 N–H and O–H groups in total. The van der Waals surface area contributed by atoms with Gasteiger partial charge in [-0.2, -0.15) is 0 Å². The normalized spacial score (nSPS) is 29.2. The molecule has 0 amide bonds. The molecule has 2 aliphatic carbocycles. The number of carbonyl (C=O) groups excluding carboxylic acids is 1. The van der Waals surface area contributed by atoms with Crippen molar-refractivity contribution in [2.24, 2.45) is 17.8 Å². The summed E-state index contributed by atoms with van der Waals surface area (Å²) in [5, 5.41) is 0.946. The molecule has 98 valence electrons.